The first-order valence-electron chi connectivity index (χ1n) is 12.7. The van der Waals surface area contributed by atoms with E-state index in [9.17, 15) is 14.0 Å². The van der Waals surface area contributed by atoms with Crippen LogP contribution in [-0.4, -0.2) is 43.8 Å². The van der Waals surface area contributed by atoms with E-state index < -0.39 is 5.54 Å². The van der Waals surface area contributed by atoms with Crippen molar-refractivity contribution < 1.29 is 18.7 Å². The van der Waals surface area contributed by atoms with E-state index in [0.717, 1.165) is 5.56 Å². The molecule has 1 aromatic heterocycles. The molecule has 8 nitrogen and oxygen atoms in total. The SMILES string of the molecule is CC1(C(=O)Nc2ccc(Oc3ccc(F)cc3)cc2)CC(/C=C/c2ccccc2Cl)CN1C(=O)Cn1nccn1. The number of hydrogen-bond donors (Lipinski definition) is 1. The van der Waals surface area contributed by atoms with Gasteiger partial charge in [-0.05, 0) is 79.4 Å². The average molecular weight is 560 g/mol. The maximum atomic E-state index is 13.7. The van der Waals surface area contributed by atoms with Crippen molar-refractivity contribution in [3.8, 4) is 11.5 Å². The first-order valence-corrected chi connectivity index (χ1v) is 13.1. The Hall–Kier alpha value is -4.50. The number of carbonyl (C=O) groups excluding carboxylic acids is 2. The summed E-state index contributed by atoms with van der Waals surface area (Å²) in [4.78, 5) is 29.9. The van der Waals surface area contributed by atoms with Gasteiger partial charge in [-0.1, -0.05) is 42.0 Å². The minimum Gasteiger partial charge on any atom is -0.457 e. The molecule has 0 spiro atoms. The van der Waals surface area contributed by atoms with E-state index >= 15 is 0 Å². The maximum Gasteiger partial charge on any atom is 0.250 e. The van der Waals surface area contributed by atoms with Crippen molar-refractivity contribution in [3.05, 3.63) is 108 Å². The lowest BCUT2D eigenvalue weighted by molar-refractivity contribution is -0.142. The minimum atomic E-state index is -1.12. The fraction of sp³-hybridized carbons (Fsp3) is 0.200. The molecule has 0 bridgehead atoms. The fourth-order valence-corrected chi connectivity index (χ4v) is 4.93. The molecule has 1 fully saturated rings. The lowest BCUT2D eigenvalue weighted by Gasteiger charge is -2.33. The van der Waals surface area contributed by atoms with E-state index in [1.54, 1.807) is 36.1 Å². The zero-order chi connectivity index (χ0) is 28.1. The molecule has 0 aliphatic carbocycles. The van der Waals surface area contributed by atoms with Gasteiger partial charge in [-0.25, -0.2) is 4.39 Å². The molecule has 40 heavy (non-hydrogen) atoms. The van der Waals surface area contributed by atoms with Gasteiger partial charge < -0.3 is 15.0 Å². The molecule has 1 aliphatic heterocycles. The summed E-state index contributed by atoms with van der Waals surface area (Å²) in [6.07, 6.45) is 7.34. The number of halogens is 2. The first-order chi connectivity index (χ1) is 19.3. The van der Waals surface area contributed by atoms with Crippen LogP contribution in [0.4, 0.5) is 10.1 Å². The Morgan fingerprint density at radius 3 is 2.38 bits per heavy atom. The molecule has 2 heterocycles. The van der Waals surface area contributed by atoms with Crippen molar-refractivity contribution >= 4 is 35.2 Å². The molecular weight excluding hydrogens is 533 g/mol. The summed E-state index contributed by atoms with van der Waals surface area (Å²) in [6.45, 7) is 2.05. The molecule has 0 saturated carbocycles. The van der Waals surface area contributed by atoms with Gasteiger partial charge in [0.2, 0.25) is 11.8 Å². The van der Waals surface area contributed by atoms with Crippen LogP contribution in [0.5, 0.6) is 11.5 Å². The number of aromatic nitrogens is 3. The Morgan fingerprint density at radius 2 is 1.70 bits per heavy atom. The Labute approximate surface area is 236 Å². The van der Waals surface area contributed by atoms with Crippen LogP contribution in [0, 0.1) is 11.7 Å². The lowest BCUT2D eigenvalue weighted by Crippen LogP contribution is -2.54. The van der Waals surface area contributed by atoms with Crippen LogP contribution in [0.1, 0.15) is 18.9 Å². The highest BCUT2D eigenvalue weighted by molar-refractivity contribution is 6.32. The van der Waals surface area contributed by atoms with Crippen molar-refractivity contribution in [2.45, 2.75) is 25.4 Å². The molecule has 2 amide bonds. The summed E-state index contributed by atoms with van der Waals surface area (Å²) in [5, 5.41) is 11.6. The highest BCUT2D eigenvalue weighted by Crippen LogP contribution is 2.36. The summed E-state index contributed by atoms with van der Waals surface area (Å²) in [5.41, 5.74) is 0.292. The van der Waals surface area contributed by atoms with E-state index in [1.807, 2.05) is 36.4 Å². The largest absolute Gasteiger partial charge is 0.457 e. The van der Waals surface area contributed by atoms with E-state index in [4.69, 9.17) is 16.3 Å². The molecule has 1 N–H and O–H groups in total. The quantitative estimate of drug-likeness (QED) is 0.294. The van der Waals surface area contributed by atoms with Gasteiger partial charge in [-0.15, -0.1) is 0 Å². The second-order valence-corrected chi connectivity index (χ2v) is 10.1. The highest BCUT2D eigenvalue weighted by atomic mass is 35.5. The normalized spacial score (nSPS) is 18.7. The summed E-state index contributed by atoms with van der Waals surface area (Å²) in [7, 11) is 0. The Kier molecular flexibility index (Phi) is 7.93. The number of benzene rings is 3. The topological polar surface area (TPSA) is 89.4 Å². The number of carbonyl (C=O) groups is 2. The van der Waals surface area contributed by atoms with Gasteiger partial charge in [0.05, 0.1) is 12.4 Å². The third kappa shape index (κ3) is 6.21. The monoisotopic (exact) mass is 559 g/mol. The van der Waals surface area contributed by atoms with Gasteiger partial charge in [0.1, 0.15) is 29.4 Å². The molecule has 5 rings (SSSR count). The summed E-state index contributed by atoms with van der Waals surface area (Å²) < 4.78 is 18.9. The van der Waals surface area contributed by atoms with Gasteiger partial charge in [0.25, 0.3) is 0 Å². The third-order valence-corrected chi connectivity index (χ3v) is 7.16. The van der Waals surface area contributed by atoms with Crippen LogP contribution in [0.15, 0.2) is 91.3 Å². The Balaban J connectivity index is 1.32. The molecule has 4 aromatic rings. The van der Waals surface area contributed by atoms with Crippen LogP contribution < -0.4 is 10.1 Å². The molecular formula is C30H27ClFN5O3. The van der Waals surface area contributed by atoms with Gasteiger partial charge in [-0.2, -0.15) is 15.0 Å². The maximum absolute atomic E-state index is 13.7. The number of nitrogens with one attached hydrogen (secondary N) is 1. The number of anilines is 1. The fourth-order valence-electron chi connectivity index (χ4n) is 4.73. The zero-order valence-corrected chi connectivity index (χ0v) is 22.5. The molecule has 1 aliphatic rings. The molecule has 2 unspecified atom stereocenters. The number of rotatable bonds is 8. The van der Waals surface area contributed by atoms with Gasteiger partial charge >= 0.3 is 0 Å². The molecule has 3 aromatic carbocycles. The summed E-state index contributed by atoms with van der Waals surface area (Å²) in [6, 6.07) is 20.0. The van der Waals surface area contributed by atoms with E-state index in [-0.39, 0.29) is 30.1 Å². The van der Waals surface area contributed by atoms with Gasteiger partial charge in [0.15, 0.2) is 0 Å². The van der Waals surface area contributed by atoms with Crippen LogP contribution >= 0.6 is 11.6 Å². The number of ether oxygens (including phenoxy) is 1. The summed E-state index contributed by atoms with van der Waals surface area (Å²) >= 11 is 6.31. The highest BCUT2D eigenvalue weighted by Gasteiger charge is 2.49. The standard InChI is InChI=1S/C30H27ClFN5O3/c1-30(29(39)35-24-10-14-26(15-11-24)40-25-12-8-23(32)9-13-25)18-21(6-7-22-4-2-3-5-27(22)31)19-36(30)28(38)20-37-33-16-17-34-37/h2-17,21H,18-20H2,1H3,(H,35,39)/b7-6+. The third-order valence-electron chi connectivity index (χ3n) is 6.82. The molecule has 2 atom stereocenters. The number of amides is 2. The van der Waals surface area contributed by atoms with Crippen molar-refractivity contribution in [2.75, 3.05) is 11.9 Å². The average Bonchev–Trinajstić information content (AvgIpc) is 3.58. The second kappa shape index (κ2) is 11.7. The Morgan fingerprint density at radius 1 is 1.05 bits per heavy atom. The van der Waals surface area contributed by atoms with Gasteiger partial charge in [0, 0.05) is 17.3 Å². The second-order valence-electron chi connectivity index (χ2n) is 9.72. The first kappa shape index (κ1) is 27.1. The smallest absolute Gasteiger partial charge is 0.250 e. The van der Waals surface area contributed by atoms with Crippen molar-refractivity contribution in [2.24, 2.45) is 5.92 Å². The van der Waals surface area contributed by atoms with E-state index in [2.05, 4.69) is 15.5 Å². The van der Waals surface area contributed by atoms with Crippen LogP contribution in [0.3, 0.4) is 0 Å². The van der Waals surface area contributed by atoms with Crippen LogP contribution in [0.25, 0.3) is 6.08 Å². The Bertz CT molecular complexity index is 1510. The predicted octanol–water partition coefficient (Wildman–Crippen LogP) is 5.82. The number of hydrogen-bond acceptors (Lipinski definition) is 5. The summed E-state index contributed by atoms with van der Waals surface area (Å²) in [5.74, 6) is 0.0351. The van der Waals surface area contributed by atoms with Crippen LogP contribution in [-0.2, 0) is 16.1 Å². The van der Waals surface area contributed by atoms with Crippen molar-refractivity contribution in [3.63, 3.8) is 0 Å². The zero-order valence-electron chi connectivity index (χ0n) is 21.7. The molecule has 204 valence electrons. The predicted molar refractivity (Wildman–Crippen MR) is 150 cm³/mol. The number of likely N-dealkylation sites (tertiary alicyclic amines) is 1. The number of nitrogens with zero attached hydrogens (tertiary/aromatic N) is 4. The molecule has 10 heteroatoms. The van der Waals surface area contributed by atoms with Gasteiger partial charge in [-0.3, -0.25) is 9.59 Å². The van der Waals surface area contributed by atoms with Crippen molar-refractivity contribution in [1.29, 1.82) is 0 Å². The minimum absolute atomic E-state index is 0.0759. The van der Waals surface area contributed by atoms with Crippen molar-refractivity contribution in [1.82, 2.24) is 19.9 Å². The van der Waals surface area contributed by atoms with E-state index in [1.165, 1.54) is 41.5 Å². The van der Waals surface area contributed by atoms with Crippen LogP contribution in [0.2, 0.25) is 5.02 Å². The molecule has 1 saturated heterocycles. The molecule has 0 radical (unpaired) electrons. The van der Waals surface area contributed by atoms with E-state index in [0.29, 0.717) is 35.2 Å². The lowest BCUT2D eigenvalue weighted by atomic mass is 9.92.